The molecule has 2 atom stereocenters. The molecule has 0 radical (unpaired) electrons. The highest BCUT2D eigenvalue weighted by molar-refractivity contribution is 7.15. The zero-order valence-corrected chi connectivity index (χ0v) is 22.2. The number of benzene rings is 1. The van der Waals surface area contributed by atoms with Gasteiger partial charge in [0.2, 0.25) is 0 Å². The Labute approximate surface area is 218 Å². The van der Waals surface area contributed by atoms with Crippen LogP contribution in [-0.4, -0.2) is 49.9 Å². The Morgan fingerprint density at radius 3 is 2.69 bits per heavy atom. The predicted octanol–water partition coefficient (Wildman–Crippen LogP) is 4.71. The molecule has 4 N–H and O–H groups in total. The van der Waals surface area contributed by atoms with Gasteiger partial charge in [-0.15, -0.1) is 11.3 Å². The summed E-state index contributed by atoms with van der Waals surface area (Å²) in [5, 5.41) is 19.2. The van der Waals surface area contributed by atoms with Crippen molar-refractivity contribution in [1.82, 2.24) is 25.0 Å². The second kappa shape index (κ2) is 11.9. The molecule has 2 unspecified atom stereocenters. The van der Waals surface area contributed by atoms with Crippen molar-refractivity contribution in [2.45, 2.75) is 83.0 Å². The number of aryl methyl sites for hydroxylation is 1. The molecule has 2 aromatic heterocycles. The average Bonchev–Trinajstić information content (AvgIpc) is 3.56. The van der Waals surface area contributed by atoms with Crippen LogP contribution in [0.5, 0.6) is 0 Å². The Hall–Kier alpha value is -2.26. The van der Waals surface area contributed by atoms with Gasteiger partial charge in [-0.25, -0.2) is 9.67 Å². The molecule has 2 heterocycles. The topological polar surface area (TPSA) is 92.2 Å². The fraction of sp³-hybridized carbons (Fsp3) is 0.571. The number of rotatable bonds is 10. The van der Waals surface area contributed by atoms with Crippen molar-refractivity contribution in [3.63, 3.8) is 0 Å². The molecular weight excluding hydrogens is 468 g/mol. The first-order chi connectivity index (χ1) is 17.6. The third-order valence-electron chi connectivity index (χ3n) is 8.00. The molecule has 1 aromatic carbocycles. The molecule has 0 saturated heterocycles. The molecule has 0 amide bonds. The number of nitrogens with one attached hydrogen (secondary N) is 1. The summed E-state index contributed by atoms with van der Waals surface area (Å²) >= 11 is 1.69. The molecule has 2 aliphatic carbocycles. The summed E-state index contributed by atoms with van der Waals surface area (Å²) in [7, 11) is 0. The summed E-state index contributed by atoms with van der Waals surface area (Å²) in [5.74, 6) is 0.783. The van der Waals surface area contributed by atoms with E-state index in [1.165, 1.54) is 55.8 Å². The van der Waals surface area contributed by atoms with E-state index < -0.39 is 6.23 Å². The number of aromatic nitrogens is 3. The molecule has 1 saturated carbocycles. The standard InChI is InChI=1S/C28H40N6OS/c1-2-16-33(24-12-13-25-26(19-24)36-28(29)32-25)18-14-20-4-8-22(9-5-20)31-27(35)21-6-10-23(11-7-21)34-17-3-15-30-34/h3,6-7,10-11,15,17,20,22,24,27,31,35H,2,4-5,8-9,12-14,16,18-19H2,1H3,(H2,29,32). The van der Waals surface area contributed by atoms with Gasteiger partial charge in [-0.3, -0.25) is 5.32 Å². The Balaban J connectivity index is 1.06. The zero-order chi connectivity index (χ0) is 24.9. The van der Waals surface area contributed by atoms with Crippen LogP contribution in [0.15, 0.2) is 42.7 Å². The third kappa shape index (κ3) is 6.17. The van der Waals surface area contributed by atoms with Crippen LogP contribution in [0.1, 0.15) is 74.2 Å². The van der Waals surface area contributed by atoms with Gasteiger partial charge < -0.3 is 15.7 Å². The summed E-state index contributed by atoms with van der Waals surface area (Å²) in [4.78, 5) is 8.67. The van der Waals surface area contributed by atoms with E-state index in [2.05, 4.69) is 27.2 Å². The molecule has 5 rings (SSSR count). The fourth-order valence-electron chi connectivity index (χ4n) is 5.97. The van der Waals surface area contributed by atoms with Gasteiger partial charge in [0.05, 0.1) is 11.4 Å². The van der Waals surface area contributed by atoms with Gasteiger partial charge in [-0.05, 0) is 101 Å². The number of nitrogens with two attached hydrogens (primary N) is 1. The molecule has 36 heavy (non-hydrogen) atoms. The Bertz CT molecular complexity index is 1070. The van der Waals surface area contributed by atoms with Crippen molar-refractivity contribution in [2.24, 2.45) is 5.92 Å². The lowest BCUT2D eigenvalue weighted by atomic mass is 9.83. The van der Waals surface area contributed by atoms with Crippen molar-refractivity contribution in [3.8, 4) is 5.69 Å². The second-order valence-electron chi connectivity index (χ2n) is 10.5. The van der Waals surface area contributed by atoms with Gasteiger partial charge >= 0.3 is 0 Å². The van der Waals surface area contributed by atoms with Crippen LogP contribution < -0.4 is 11.1 Å². The summed E-state index contributed by atoms with van der Waals surface area (Å²) < 4.78 is 1.83. The SMILES string of the molecule is CCCN(CCC1CCC(NC(O)c2ccc(-n3cccn3)cc2)CC1)C1CCc2nc(N)sc2C1. The van der Waals surface area contributed by atoms with Gasteiger partial charge in [0, 0.05) is 29.4 Å². The number of aliphatic hydroxyl groups excluding tert-OH is 1. The molecule has 2 aliphatic rings. The molecule has 194 valence electrons. The smallest absolute Gasteiger partial charge is 0.180 e. The van der Waals surface area contributed by atoms with Crippen molar-refractivity contribution in [1.29, 1.82) is 0 Å². The number of thiazole rings is 1. The van der Waals surface area contributed by atoms with Gasteiger partial charge in [-0.1, -0.05) is 19.1 Å². The molecule has 8 heteroatoms. The van der Waals surface area contributed by atoms with Crippen molar-refractivity contribution < 1.29 is 5.11 Å². The number of hydrogen-bond donors (Lipinski definition) is 3. The minimum atomic E-state index is -0.629. The molecule has 3 aromatic rings. The van der Waals surface area contributed by atoms with Crippen molar-refractivity contribution in [2.75, 3.05) is 18.8 Å². The summed E-state index contributed by atoms with van der Waals surface area (Å²) in [5.41, 5.74) is 9.11. The second-order valence-corrected chi connectivity index (χ2v) is 11.6. The first kappa shape index (κ1) is 25.4. The number of hydrogen-bond acceptors (Lipinski definition) is 7. The van der Waals surface area contributed by atoms with Crippen LogP contribution in [-0.2, 0) is 12.8 Å². The van der Waals surface area contributed by atoms with E-state index in [1.54, 1.807) is 17.5 Å². The molecule has 1 fully saturated rings. The number of anilines is 1. The van der Waals surface area contributed by atoms with Crippen molar-refractivity contribution >= 4 is 16.5 Å². The van der Waals surface area contributed by atoms with Gasteiger partial charge in [0.15, 0.2) is 5.13 Å². The van der Waals surface area contributed by atoms with Crippen molar-refractivity contribution in [3.05, 3.63) is 58.9 Å². The Morgan fingerprint density at radius 1 is 1.17 bits per heavy atom. The molecule has 7 nitrogen and oxygen atoms in total. The maximum Gasteiger partial charge on any atom is 0.180 e. The predicted molar refractivity (Wildman–Crippen MR) is 146 cm³/mol. The van der Waals surface area contributed by atoms with Gasteiger partial charge in [-0.2, -0.15) is 5.10 Å². The highest BCUT2D eigenvalue weighted by Crippen LogP contribution is 2.32. The monoisotopic (exact) mass is 508 g/mol. The van der Waals surface area contributed by atoms with Crippen LogP contribution in [0.4, 0.5) is 5.13 Å². The van der Waals surface area contributed by atoms with Crippen LogP contribution in [0, 0.1) is 5.92 Å². The lowest BCUT2D eigenvalue weighted by molar-refractivity contribution is 0.104. The lowest BCUT2D eigenvalue weighted by Crippen LogP contribution is -2.41. The van der Waals surface area contributed by atoms with Gasteiger partial charge in [0.1, 0.15) is 6.23 Å². The number of fused-ring (bicyclic) bond motifs is 1. The summed E-state index contributed by atoms with van der Waals surface area (Å²) in [6, 6.07) is 10.9. The molecule has 0 spiro atoms. The maximum absolute atomic E-state index is 10.8. The minimum absolute atomic E-state index is 0.377. The minimum Gasteiger partial charge on any atom is -0.375 e. The van der Waals surface area contributed by atoms with E-state index in [0.717, 1.165) is 48.0 Å². The van der Waals surface area contributed by atoms with E-state index >= 15 is 0 Å². The summed E-state index contributed by atoms with van der Waals surface area (Å²) in [6.45, 7) is 4.66. The largest absolute Gasteiger partial charge is 0.375 e. The summed E-state index contributed by atoms with van der Waals surface area (Å²) in [6.07, 6.45) is 13.7. The Morgan fingerprint density at radius 2 is 1.97 bits per heavy atom. The van der Waals surface area contributed by atoms with E-state index in [4.69, 9.17) is 5.73 Å². The van der Waals surface area contributed by atoms with Crippen LogP contribution >= 0.6 is 11.3 Å². The third-order valence-corrected chi connectivity index (χ3v) is 8.95. The Kier molecular flexibility index (Phi) is 8.36. The number of nitrogen functional groups attached to an aromatic ring is 1. The van der Waals surface area contributed by atoms with Crippen LogP contribution in [0.3, 0.4) is 0 Å². The first-order valence-electron chi connectivity index (χ1n) is 13.6. The van der Waals surface area contributed by atoms with Gasteiger partial charge in [0.25, 0.3) is 0 Å². The quantitative estimate of drug-likeness (QED) is 0.344. The van der Waals surface area contributed by atoms with Crippen LogP contribution in [0.2, 0.25) is 0 Å². The van der Waals surface area contributed by atoms with E-state index in [-0.39, 0.29) is 0 Å². The average molecular weight is 509 g/mol. The molecule has 0 bridgehead atoms. The van der Waals surface area contributed by atoms with E-state index in [0.29, 0.717) is 12.1 Å². The first-order valence-corrected chi connectivity index (χ1v) is 14.4. The molecule has 0 aliphatic heterocycles. The zero-order valence-electron chi connectivity index (χ0n) is 21.4. The maximum atomic E-state index is 10.8. The highest BCUT2D eigenvalue weighted by atomic mass is 32.1. The lowest BCUT2D eigenvalue weighted by Gasteiger charge is -2.36. The normalized spacial score (nSPS) is 23.0. The number of nitrogens with zero attached hydrogens (tertiary/aromatic N) is 4. The van der Waals surface area contributed by atoms with E-state index in [1.807, 2.05) is 41.2 Å². The molecular formula is C28H40N6OS. The highest BCUT2D eigenvalue weighted by Gasteiger charge is 2.28. The number of aliphatic hydroxyl groups is 1. The van der Waals surface area contributed by atoms with Crippen LogP contribution in [0.25, 0.3) is 5.69 Å². The fourth-order valence-corrected chi connectivity index (χ4v) is 6.92. The van der Waals surface area contributed by atoms with E-state index in [9.17, 15) is 5.11 Å².